The van der Waals surface area contributed by atoms with E-state index in [9.17, 15) is 28.6 Å². The van der Waals surface area contributed by atoms with E-state index in [4.69, 9.17) is 21.4 Å². The molecular formula is C10H11ClF2N2O6. The molecule has 2 rings (SSSR count). The number of aromatic amines is 1. The van der Waals surface area contributed by atoms with Gasteiger partial charge < -0.3 is 20.1 Å². The Bertz CT molecular complexity index is 647. The normalized spacial score (nSPS) is 36.3. The fourth-order valence-electron chi connectivity index (χ4n) is 2.19. The summed E-state index contributed by atoms with van der Waals surface area (Å²) in [4.78, 5) is 24.4. The zero-order valence-electron chi connectivity index (χ0n) is 10.2. The minimum atomic E-state index is -3.56. The maximum atomic E-state index is 13.5. The number of aromatic nitrogens is 2. The Morgan fingerprint density at radius 2 is 2.14 bits per heavy atom. The third kappa shape index (κ3) is 2.10. The van der Waals surface area contributed by atoms with Crippen LogP contribution in [0.3, 0.4) is 0 Å². The molecule has 0 amide bonds. The molecule has 1 fully saturated rings. The van der Waals surface area contributed by atoms with Gasteiger partial charge in [0.15, 0.2) is 0 Å². The van der Waals surface area contributed by atoms with Gasteiger partial charge in [0.1, 0.15) is 12.2 Å². The van der Waals surface area contributed by atoms with Crippen molar-refractivity contribution in [1.82, 2.24) is 9.55 Å². The van der Waals surface area contributed by atoms with Crippen molar-refractivity contribution in [3.63, 3.8) is 0 Å². The molecule has 118 valence electrons. The van der Waals surface area contributed by atoms with E-state index < -0.39 is 47.3 Å². The van der Waals surface area contributed by atoms with E-state index in [0.29, 0.717) is 6.20 Å². The third-order valence-corrected chi connectivity index (χ3v) is 3.73. The van der Waals surface area contributed by atoms with Crippen LogP contribution in [-0.4, -0.2) is 55.2 Å². The summed E-state index contributed by atoms with van der Waals surface area (Å²) < 4.78 is 32.0. The molecular weight excluding hydrogens is 318 g/mol. The molecule has 0 radical (unpaired) electrons. The summed E-state index contributed by atoms with van der Waals surface area (Å²) in [5.74, 6) is 0. The lowest BCUT2D eigenvalue weighted by molar-refractivity contribution is -0.235. The highest BCUT2D eigenvalue weighted by Crippen LogP contribution is 2.49. The molecule has 2 heterocycles. The Hall–Kier alpha value is -1.33. The summed E-state index contributed by atoms with van der Waals surface area (Å²) in [6.07, 6.45) is -6.67. The number of rotatable bonds is 3. The zero-order chi connectivity index (χ0) is 16.0. The van der Waals surface area contributed by atoms with Crippen LogP contribution >= 0.6 is 11.6 Å². The molecule has 4 atom stereocenters. The van der Waals surface area contributed by atoms with Crippen molar-refractivity contribution in [2.24, 2.45) is 0 Å². The first-order valence-corrected chi connectivity index (χ1v) is 6.05. The predicted octanol–water partition coefficient (Wildman–Crippen LogP) is -1.87. The maximum absolute atomic E-state index is 13.5. The lowest BCUT2D eigenvalue weighted by Gasteiger charge is -2.37. The summed E-state index contributed by atoms with van der Waals surface area (Å²) in [6.45, 7) is -0.928. The van der Waals surface area contributed by atoms with Crippen molar-refractivity contribution in [1.29, 1.82) is 0 Å². The molecule has 0 bridgehead atoms. The lowest BCUT2D eigenvalue weighted by Crippen LogP contribution is -2.61. The largest absolute Gasteiger partial charge is 0.394 e. The molecule has 0 unspecified atom stereocenters. The van der Waals surface area contributed by atoms with Gasteiger partial charge in [-0.1, -0.05) is 11.6 Å². The summed E-state index contributed by atoms with van der Waals surface area (Å²) in [6, 6.07) is 0.737. The van der Waals surface area contributed by atoms with Crippen molar-refractivity contribution in [2.45, 2.75) is 29.4 Å². The van der Waals surface area contributed by atoms with Gasteiger partial charge in [-0.2, -0.15) is 0 Å². The molecule has 1 aliphatic rings. The average molecular weight is 329 g/mol. The van der Waals surface area contributed by atoms with Gasteiger partial charge in [-0.25, -0.2) is 13.6 Å². The Morgan fingerprint density at radius 1 is 1.52 bits per heavy atom. The van der Waals surface area contributed by atoms with E-state index >= 15 is 0 Å². The van der Waals surface area contributed by atoms with Crippen LogP contribution in [-0.2, 0) is 10.5 Å². The first-order valence-electron chi connectivity index (χ1n) is 5.67. The van der Waals surface area contributed by atoms with Gasteiger partial charge in [0.05, 0.1) is 6.61 Å². The van der Waals surface area contributed by atoms with Gasteiger partial charge in [-0.05, 0) is 0 Å². The molecule has 0 aromatic carbocycles. The monoisotopic (exact) mass is 328 g/mol. The summed E-state index contributed by atoms with van der Waals surface area (Å²) in [5.41, 5.74) is -5.37. The van der Waals surface area contributed by atoms with Crippen LogP contribution in [0.1, 0.15) is 0 Å². The lowest BCUT2D eigenvalue weighted by atomic mass is 10.0. The number of ether oxygens (including phenoxy) is 1. The number of alkyl halides is 3. The van der Waals surface area contributed by atoms with E-state index in [-0.39, 0.29) is 4.57 Å². The van der Waals surface area contributed by atoms with Crippen molar-refractivity contribution < 1.29 is 28.8 Å². The van der Waals surface area contributed by atoms with Crippen molar-refractivity contribution >= 4 is 11.6 Å². The van der Waals surface area contributed by atoms with Crippen LogP contribution in [0, 0.1) is 0 Å². The predicted molar refractivity (Wildman–Crippen MR) is 64.1 cm³/mol. The van der Waals surface area contributed by atoms with Crippen molar-refractivity contribution in [2.75, 3.05) is 6.61 Å². The highest BCUT2D eigenvalue weighted by Gasteiger charge is 2.71. The zero-order valence-corrected chi connectivity index (χ0v) is 11.0. The molecule has 4 N–H and O–H groups in total. The SMILES string of the molecule is O=c1ccn([C@]2(C(F)F)O[C@H](CO)[C@@H](O)[C@]2(O)Cl)c(=O)[nH]1. The molecule has 1 aromatic heterocycles. The van der Waals surface area contributed by atoms with Crippen LogP contribution in [0.25, 0.3) is 0 Å². The molecule has 1 aliphatic heterocycles. The number of aliphatic hydroxyl groups excluding tert-OH is 2. The molecule has 0 spiro atoms. The van der Waals surface area contributed by atoms with Crippen LogP contribution < -0.4 is 11.2 Å². The van der Waals surface area contributed by atoms with Crippen LogP contribution in [0.4, 0.5) is 8.78 Å². The van der Waals surface area contributed by atoms with Gasteiger partial charge in [0.25, 0.3) is 17.7 Å². The number of halogens is 3. The second-order valence-corrected chi connectivity index (χ2v) is 5.01. The second kappa shape index (κ2) is 5.14. The fourth-order valence-corrected chi connectivity index (χ4v) is 2.55. The van der Waals surface area contributed by atoms with Crippen molar-refractivity contribution in [3.8, 4) is 0 Å². The fraction of sp³-hybridized carbons (Fsp3) is 0.600. The average Bonchev–Trinajstić information content (AvgIpc) is 2.59. The molecule has 0 aliphatic carbocycles. The third-order valence-electron chi connectivity index (χ3n) is 3.24. The highest BCUT2D eigenvalue weighted by molar-refractivity contribution is 6.24. The first kappa shape index (κ1) is 16.0. The number of hydrogen-bond donors (Lipinski definition) is 4. The quantitative estimate of drug-likeness (QED) is 0.482. The van der Waals surface area contributed by atoms with Crippen LogP contribution in [0.5, 0.6) is 0 Å². The molecule has 8 nitrogen and oxygen atoms in total. The number of H-pyrrole nitrogens is 1. The molecule has 0 saturated carbocycles. The molecule has 11 heteroatoms. The number of hydrogen-bond acceptors (Lipinski definition) is 6. The second-order valence-electron chi connectivity index (χ2n) is 4.43. The summed E-state index contributed by atoms with van der Waals surface area (Å²) >= 11 is 5.59. The van der Waals surface area contributed by atoms with Gasteiger partial charge in [0.2, 0.25) is 5.06 Å². The summed E-state index contributed by atoms with van der Waals surface area (Å²) in [5, 5.41) is 25.6. The number of nitrogens with one attached hydrogen (secondary N) is 1. The number of aliphatic hydroxyl groups is 3. The number of nitrogens with zero attached hydrogens (tertiary/aromatic N) is 1. The van der Waals surface area contributed by atoms with E-state index in [0.717, 1.165) is 6.07 Å². The standard InChI is InChI=1S/C10H11ClF2N2O6/c11-9(20)6(18)4(3-16)21-10(9,7(12)13)15-2-1-5(17)14-8(15)19/h1-2,4,6-7,16,18,20H,3H2,(H,14,17,19)/t4-,6-,9-,10-/m1/s1. The van der Waals surface area contributed by atoms with Crippen LogP contribution in [0.2, 0.25) is 0 Å². The Balaban J connectivity index is 2.73. The van der Waals surface area contributed by atoms with Gasteiger partial charge in [-0.15, -0.1) is 0 Å². The Labute approximate surface area is 120 Å². The van der Waals surface area contributed by atoms with Crippen molar-refractivity contribution in [3.05, 3.63) is 33.1 Å². The van der Waals surface area contributed by atoms with Gasteiger partial charge in [-0.3, -0.25) is 14.3 Å². The van der Waals surface area contributed by atoms with E-state index in [2.05, 4.69) is 0 Å². The van der Waals surface area contributed by atoms with Crippen LogP contribution in [0.15, 0.2) is 21.9 Å². The van der Waals surface area contributed by atoms with Gasteiger partial charge >= 0.3 is 5.69 Å². The first-order chi connectivity index (χ1) is 9.68. The molecule has 21 heavy (non-hydrogen) atoms. The minimum absolute atomic E-state index is 0.172. The molecule has 1 aromatic rings. The van der Waals surface area contributed by atoms with E-state index in [1.165, 1.54) is 0 Å². The Kier molecular flexibility index (Phi) is 3.93. The molecule has 1 saturated heterocycles. The maximum Gasteiger partial charge on any atom is 0.330 e. The topological polar surface area (TPSA) is 125 Å². The Morgan fingerprint density at radius 3 is 2.57 bits per heavy atom. The smallest absolute Gasteiger partial charge is 0.330 e. The van der Waals surface area contributed by atoms with E-state index in [1.807, 2.05) is 0 Å². The van der Waals surface area contributed by atoms with E-state index in [1.54, 1.807) is 4.98 Å². The minimum Gasteiger partial charge on any atom is -0.394 e. The summed E-state index contributed by atoms with van der Waals surface area (Å²) in [7, 11) is 0. The highest BCUT2D eigenvalue weighted by atomic mass is 35.5. The van der Waals surface area contributed by atoms with Gasteiger partial charge in [0, 0.05) is 12.3 Å².